The maximum Gasteiger partial charge on any atom is 0.180 e. The van der Waals surface area contributed by atoms with E-state index in [1.54, 1.807) is 0 Å². The fourth-order valence-electron chi connectivity index (χ4n) is 11.5. The van der Waals surface area contributed by atoms with Gasteiger partial charge in [0.2, 0.25) is 0 Å². The van der Waals surface area contributed by atoms with E-state index in [0.717, 1.165) is 0 Å². The van der Waals surface area contributed by atoms with E-state index in [0.29, 0.717) is 0 Å². The van der Waals surface area contributed by atoms with Crippen molar-refractivity contribution < 1.29 is 0 Å². The smallest absolute Gasteiger partial charge is 0.0623 e. The highest BCUT2D eigenvalue weighted by Crippen LogP contribution is 2.64. The largest absolute Gasteiger partial charge is 0.180 e. The molecule has 0 radical (unpaired) electrons. The molecule has 0 unspecified atom stereocenters. The van der Waals surface area contributed by atoms with Crippen LogP contribution in [0.2, 0.25) is 0 Å². The predicted octanol–water partition coefficient (Wildman–Crippen LogP) is 9.10. The minimum Gasteiger partial charge on any atom is -0.0623 e. The third kappa shape index (κ3) is 3.63. The molecule has 11 rings (SSSR count). The topological polar surface area (TPSA) is 0 Å². The molecule has 0 saturated carbocycles. The molecule has 0 amide bonds. The Balaban J connectivity index is 1.36. The highest BCUT2D eigenvalue weighted by molar-refractivity contribution is 7.20. The second kappa shape index (κ2) is 11.2. The van der Waals surface area contributed by atoms with Gasteiger partial charge in [-0.15, -0.1) is 0 Å². The van der Waals surface area contributed by atoms with E-state index in [1.165, 1.54) is 76.4 Å². The molecule has 8 aromatic rings. The van der Waals surface area contributed by atoms with Crippen molar-refractivity contribution in [2.75, 3.05) is 0 Å². The van der Waals surface area contributed by atoms with E-state index in [2.05, 4.69) is 220 Å². The molecule has 54 heavy (non-hydrogen) atoms. The molecule has 8 aromatic carbocycles. The van der Waals surface area contributed by atoms with Gasteiger partial charge in [-0.25, -0.2) is 0 Å². The average molecular weight is 705 g/mol. The number of rotatable bonds is 2. The van der Waals surface area contributed by atoms with Gasteiger partial charge in [-0.3, -0.25) is 0 Å². The summed E-state index contributed by atoms with van der Waals surface area (Å²) in [6.07, 6.45) is 0. The Morgan fingerprint density at radius 1 is 0.259 bits per heavy atom. The van der Waals surface area contributed by atoms with Crippen LogP contribution in [-0.4, -0.2) is 8.07 Å². The minimum atomic E-state index is -2.81. The first kappa shape index (κ1) is 31.5. The zero-order valence-electron chi connectivity index (χ0n) is 30.6. The molecular weight excluding hydrogens is 665 g/mol. The third-order valence-corrected chi connectivity index (χ3v) is 18.2. The number of fused-ring (bicyclic) bond motifs is 14. The molecule has 0 fully saturated rings. The summed E-state index contributed by atoms with van der Waals surface area (Å²) < 4.78 is 0. The van der Waals surface area contributed by atoms with Crippen molar-refractivity contribution in [3.8, 4) is 0 Å². The molecule has 3 aliphatic rings. The Morgan fingerprint density at radius 2 is 0.500 bits per heavy atom. The van der Waals surface area contributed by atoms with Crippen LogP contribution in [0.15, 0.2) is 206 Å². The zero-order chi connectivity index (χ0) is 36.1. The van der Waals surface area contributed by atoms with E-state index in [-0.39, 0.29) is 5.41 Å². The van der Waals surface area contributed by atoms with Crippen molar-refractivity contribution in [2.24, 2.45) is 0 Å². The van der Waals surface area contributed by atoms with Crippen LogP contribution >= 0.6 is 0 Å². The van der Waals surface area contributed by atoms with Gasteiger partial charge < -0.3 is 0 Å². The van der Waals surface area contributed by atoms with Crippen molar-refractivity contribution >= 4 is 28.8 Å². The molecule has 0 nitrogen and oxygen atoms in total. The summed E-state index contributed by atoms with van der Waals surface area (Å²) in [6.45, 7) is 4.81. The number of hydrogen-bond donors (Lipinski definition) is 0. The summed E-state index contributed by atoms with van der Waals surface area (Å²) in [6, 6.07) is 79.4. The minimum absolute atomic E-state index is 0.155. The van der Waals surface area contributed by atoms with Gasteiger partial charge in [-0.05, 0) is 76.4 Å². The Bertz CT molecular complexity index is 2570. The maximum atomic E-state index is 2.47. The summed E-state index contributed by atoms with van der Waals surface area (Å²) in [5.74, 6) is 0. The Morgan fingerprint density at radius 3 is 0.852 bits per heavy atom. The SMILES string of the molecule is CC1(C)c2ccccc2C2(c3ccccc31)c1ccccc1C1(c3ccccc32)c2ccccc2[Si](c2ccccc2)(c2ccccc2)c2ccccc21. The molecule has 0 atom stereocenters. The quantitative estimate of drug-likeness (QED) is 0.158. The first-order valence-corrected chi connectivity index (χ1v) is 21.3. The van der Waals surface area contributed by atoms with Crippen LogP contribution < -0.4 is 20.7 Å². The van der Waals surface area contributed by atoms with Crippen molar-refractivity contribution in [1.82, 2.24) is 0 Å². The summed E-state index contributed by atoms with van der Waals surface area (Å²) in [4.78, 5) is 0. The van der Waals surface area contributed by atoms with Crippen LogP contribution in [0.3, 0.4) is 0 Å². The highest BCUT2D eigenvalue weighted by Gasteiger charge is 2.61. The van der Waals surface area contributed by atoms with Crippen molar-refractivity contribution in [3.63, 3.8) is 0 Å². The predicted molar refractivity (Wildman–Crippen MR) is 226 cm³/mol. The van der Waals surface area contributed by atoms with Gasteiger partial charge in [0, 0.05) is 5.41 Å². The molecule has 1 aliphatic heterocycles. The van der Waals surface area contributed by atoms with Crippen LogP contribution in [0, 0.1) is 0 Å². The monoisotopic (exact) mass is 704 g/mol. The van der Waals surface area contributed by atoms with Crippen molar-refractivity contribution in [2.45, 2.75) is 30.1 Å². The molecule has 2 spiro atoms. The maximum absolute atomic E-state index is 2.81. The number of benzene rings is 8. The van der Waals surface area contributed by atoms with E-state index in [1.807, 2.05) is 0 Å². The van der Waals surface area contributed by atoms with E-state index >= 15 is 0 Å². The standard InChI is InChI=1S/C53H40Si/c1-51(2)39-25-9-11-27-41(39)52(42-28-12-10-26-40(42)51)43-29-13-15-31-45(43)53(46-32-16-14-30-44(46)52)47-33-17-19-35-49(47)54(37-21-5-3-6-22-37,38-23-7-4-8-24-38)50-36-20-18-34-48(50)53/h3-36H,1-2H3. The van der Waals surface area contributed by atoms with Crippen LogP contribution in [0.4, 0.5) is 0 Å². The van der Waals surface area contributed by atoms with Gasteiger partial charge in [0.1, 0.15) is 0 Å². The first-order valence-electron chi connectivity index (χ1n) is 19.3. The van der Waals surface area contributed by atoms with Gasteiger partial charge in [0.25, 0.3) is 0 Å². The lowest BCUT2D eigenvalue weighted by Crippen LogP contribution is -2.79. The zero-order valence-corrected chi connectivity index (χ0v) is 31.6. The van der Waals surface area contributed by atoms with Crippen molar-refractivity contribution in [3.05, 3.63) is 262 Å². The molecule has 256 valence electrons. The molecule has 0 aromatic heterocycles. The average Bonchev–Trinajstić information content (AvgIpc) is 3.24. The summed E-state index contributed by atoms with van der Waals surface area (Å²) in [5, 5.41) is 5.76. The normalized spacial score (nSPS) is 16.9. The lowest BCUT2D eigenvalue weighted by Gasteiger charge is -2.57. The lowest BCUT2D eigenvalue weighted by molar-refractivity contribution is 0.534. The van der Waals surface area contributed by atoms with E-state index < -0.39 is 18.9 Å². The van der Waals surface area contributed by atoms with E-state index in [4.69, 9.17) is 0 Å². The molecule has 0 bridgehead atoms. The van der Waals surface area contributed by atoms with Gasteiger partial charge in [0.15, 0.2) is 8.07 Å². The van der Waals surface area contributed by atoms with Gasteiger partial charge >= 0.3 is 0 Å². The van der Waals surface area contributed by atoms with Crippen LogP contribution in [0.5, 0.6) is 0 Å². The van der Waals surface area contributed by atoms with Gasteiger partial charge in [-0.1, -0.05) is 220 Å². The van der Waals surface area contributed by atoms with Crippen LogP contribution in [0.25, 0.3) is 0 Å². The summed E-state index contributed by atoms with van der Waals surface area (Å²) in [5.41, 5.74) is 12.6. The summed E-state index contributed by atoms with van der Waals surface area (Å²) in [7, 11) is -2.81. The fourth-order valence-corrected chi connectivity index (χ4v) is 16.7. The summed E-state index contributed by atoms with van der Waals surface area (Å²) >= 11 is 0. The third-order valence-electron chi connectivity index (χ3n) is 13.4. The second-order valence-corrected chi connectivity index (χ2v) is 19.6. The Hall–Kier alpha value is -6.02. The molecule has 0 N–H and O–H groups in total. The lowest BCUT2D eigenvalue weighted by atomic mass is 9.47. The first-order chi connectivity index (χ1) is 26.6. The number of hydrogen-bond acceptors (Lipinski definition) is 0. The Labute approximate surface area is 319 Å². The molecule has 2 aliphatic carbocycles. The van der Waals surface area contributed by atoms with Crippen LogP contribution in [0.1, 0.15) is 69.5 Å². The van der Waals surface area contributed by atoms with Crippen LogP contribution in [-0.2, 0) is 16.2 Å². The van der Waals surface area contributed by atoms with E-state index in [9.17, 15) is 0 Å². The van der Waals surface area contributed by atoms with Gasteiger partial charge in [0.05, 0.1) is 10.8 Å². The van der Waals surface area contributed by atoms with Crippen molar-refractivity contribution in [1.29, 1.82) is 0 Å². The highest BCUT2D eigenvalue weighted by atomic mass is 28.3. The fraction of sp³-hybridized carbons (Fsp3) is 0.0943. The molecule has 1 heteroatoms. The molecule has 0 saturated heterocycles. The molecular formula is C53H40Si. The second-order valence-electron chi connectivity index (χ2n) is 15.9. The Kier molecular flexibility index (Phi) is 6.56. The molecule has 1 heterocycles. The van der Waals surface area contributed by atoms with Gasteiger partial charge in [-0.2, -0.15) is 0 Å².